The predicted octanol–water partition coefficient (Wildman–Crippen LogP) is 6.60. The second kappa shape index (κ2) is 9.89. The van der Waals surface area contributed by atoms with E-state index in [-0.39, 0.29) is 22.9 Å². The minimum Gasteiger partial charge on any atom is -0.486 e. The van der Waals surface area contributed by atoms with Crippen molar-refractivity contribution in [3.8, 4) is 5.75 Å². The summed E-state index contributed by atoms with van der Waals surface area (Å²) in [7, 11) is 1.39. The summed E-state index contributed by atoms with van der Waals surface area (Å²) >= 11 is 0. The summed E-state index contributed by atoms with van der Waals surface area (Å²) < 4.78 is 16.7. The van der Waals surface area contributed by atoms with E-state index in [0.717, 1.165) is 11.3 Å². The Morgan fingerprint density at radius 3 is 2.12 bits per heavy atom. The van der Waals surface area contributed by atoms with Crippen LogP contribution in [0, 0.1) is 6.92 Å². The van der Waals surface area contributed by atoms with Crippen molar-refractivity contribution < 1.29 is 19.0 Å². The first-order chi connectivity index (χ1) is 15.5. The lowest BCUT2D eigenvalue weighted by atomic mass is 9.62. The zero-order valence-corrected chi connectivity index (χ0v) is 21.6. The molecule has 1 aliphatic rings. The fourth-order valence-electron chi connectivity index (χ4n) is 4.91. The van der Waals surface area contributed by atoms with Gasteiger partial charge in [0.05, 0.1) is 7.11 Å². The molecule has 4 heteroatoms. The van der Waals surface area contributed by atoms with Gasteiger partial charge >= 0.3 is 5.97 Å². The Hall–Kier alpha value is -2.33. The van der Waals surface area contributed by atoms with E-state index in [2.05, 4.69) is 53.7 Å². The average molecular weight is 453 g/mol. The Labute approximate surface area is 199 Å². The van der Waals surface area contributed by atoms with E-state index in [1.54, 1.807) is 0 Å². The van der Waals surface area contributed by atoms with Gasteiger partial charge in [0.15, 0.2) is 6.10 Å². The Balaban J connectivity index is 1.78. The molecule has 0 saturated carbocycles. The Bertz CT molecular complexity index is 972. The summed E-state index contributed by atoms with van der Waals surface area (Å²) in [6, 6.07) is 12.7. The van der Waals surface area contributed by atoms with Crippen LogP contribution in [0.15, 0.2) is 36.4 Å². The molecule has 4 nitrogen and oxygen atoms in total. The number of ether oxygens (including phenoxy) is 3. The van der Waals surface area contributed by atoms with Gasteiger partial charge < -0.3 is 14.2 Å². The molecule has 0 saturated heterocycles. The van der Waals surface area contributed by atoms with Crippen LogP contribution in [0.3, 0.4) is 0 Å². The number of benzene rings is 2. The summed E-state index contributed by atoms with van der Waals surface area (Å²) in [6.07, 6.45) is 2.24. The molecule has 0 N–H and O–H groups in total. The third-order valence-corrected chi connectivity index (χ3v) is 7.17. The second-order valence-corrected chi connectivity index (χ2v) is 10.6. The molecule has 0 radical (unpaired) electrons. The maximum atomic E-state index is 11.9. The van der Waals surface area contributed by atoms with Gasteiger partial charge in [0.25, 0.3) is 0 Å². The first-order valence-corrected chi connectivity index (χ1v) is 12.1. The normalized spacial score (nSPS) is 18.2. The lowest BCUT2D eigenvalue weighted by Gasteiger charge is -2.42. The minimum absolute atomic E-state index is 0.0618. The fraction of sp³-hybridized carbons (Fsp3) is 0.552. The van der Waals surface area contributed by atoms with Gasteiger partial charge in [0.2, 0.25) is 0 Å². The van der Waals surface area contributed by atoms with Gasteiger partial charge in [0, 0.05) is 13.0 Å². The number of rotatable bonds is 8. The van der Waals surface area contributed by atoms with Gasteiger partial charge in [-0.15, -0.1) is 0 Å². The molecule has 2 atom stereocenters. The second-order valence-electron chi connectivity index (χ2n) is 10.6. The number of hydrogen-bond acceptors (Lipinski definition) is 4. The molecule has 0 aliphatic heterocycles. The van der Waals surface area contributed by atoms with Crippen molar-refractivity contribution in [2.45, 2.75) is 90.8 Å². The van der Waals surface area contributed by atoms with Crippen LogP contribution >= 0.6 is 0 Å². The van der Waals surface area contributed by atoms with Crippen LogP contribution in [0.4, 0.5) is 0 Å². The highest BCUT2D eigenvalue weighted by Gasteiger charge is 2.37. The molecule has 0 aromatic heterocycles. The summed E-state index contributed by atoms with van der Waals surface area (Å²) in [4.78, 5) is 11.9. The molecule has 2 unspecified atom stereocenters. The van der Waals surface area contributed by atoms with E-state index in [0.29, 0.717) is 13.0 Å². The SMILES string of the molecule is CCOC(Cc1ccc(OC(C)c2cc3c(cc2C)C(C)(C)CCC3(C)C)cc1)C(=O)OC. The molecular formula is C29H40O4. The van der Waals surface area contributed by atoms with Crippen molar-refractivity contribution in [1.82, 2.24) is 0 Å². The number of esters is 1. The first-order valence-electron chi connectivity index (χ1n) is 12.1. The molecule has 0 fully saturated rings. The topological polar surface area (TPSA) is 44.8 Å². The van der Waals surface area contributed by atoms with Crippen LogP contribution < -0.4 is 4.74 Å². The van der Waals surface area contributed by atoms with Gasteiger partial charge in [-0.05, 0) is 84.4 Å². The molecule has 0 amide bonds. The van der Waals surface area contributed by atoms with E-state index in [1.807, 2.05) is 31.2 Å². The van der Waals surface area contributed by atoms with Gasteiger partial charge in [-0.2, -0.15) is 0 Å². The molecule has 0 spiro atoms. The highest BCUT2D eigenvalue weighted by Crippen LogP contribution is 2.47. The number of aryl methyl sites for hydroxylation is 1. The van der Waals surface area contributed by atoms with Gasteiger partial charge in [0.1, 0.15) is 11.9 Å². The third kappa shape index (κ3) is 5.60. The molecule has 3 rings (SSSR count). The molecule has 33 heavy (non-hydrogen) atoms. The highest BCUT2D eigenvalue weighted by atomic mass is 16.6. The summed E-state index contributed by atoms with van der Waals surface area (Å²) in [5.74, 6) is 0.466. The number of carbonyl (C=O) groups is 1. The van der Waals surface area contributed by atoms with Gasteiger partial charge in [-0.25, -0.2) is 4.79 Å². The quantitative estimate of drug-likeness (QED) is 0.423. The Kier molecular flexibility index (Phi) is 7.58. The largest absolute Gasteiger partial charge is 0.486 e. The number of hydrogen-bond donors (Lipinski definition) is 0. The lowest BCUT2D eigenvalue weighted by Crippen LogP contribution is -2.34. The van der Waals surface area contributed by atoms with Crippen LogP contribution in [0.2, 0.25) is 0 Å². The van der Waals surface area contributed by atoms with E-state index in [9.17, 15) is 4.79 Å². The number of methoxy groups -OCH3 is 1. The van der Waals surface area contributed by atoms with Crippen molar-refractivity contribution in [1.29, 1.82) is 0 Å². The number of carbonyl (C=O) groups excluding carboxylic acids is 1. The molecule has 0 heterocycles. The van der Waals surface area contributed by atoms with Crippen molar-refractivity contribution in [2.75, 3.05) is 13.7 Å². The van der Waals surface area contributed by atoms with Crippen molar-refractivity contribution in [2.24, 2.45) is 0 Å². The van der Waals surface area contributed by atoms with E-state index in [1.165, 1.54) is 42.2 Å². The summed E-state index contributed by atoms with van der Waals surface area (Å²) in [6.45, 7) is 16.1. The molecular weight excluding hydrogens is 412 g/mol. The van der Waals surface area contributed by atoms with Gasteiger partial charge in [-0.1, -0.05) is 52.0 Å². The maximum Gasteiger partial charge on any atom is 0.335 e. The van der Waals surface area contributed by atoms with Crippen molar-refractivity contribution >= 4 is 5.97 Å². The molecule has 2 aromatic rings. The van der Waals surface area contributed by atoms with Crippen LogP contribution in [0.25, 0.3) is 0 Å². The average Bonchev–Trinajstić information content (AvgIpc) is 2.77. The van der Waals surface area contributed by atoms with Crippen LogP contribution in [-0.2, 0) is 31.5 Å². The monoisotopic (exact) mass is 452 g/mol. The summed E-state index contributed by atoms with van der Waals surface area (Å²) in [5.41, 5.74) is 6.84. The molecule has 0 bridgehead atoms. The third-order valence-electron chi connectivity index (χ3n) is 7.17. The molecule has 180 valence electrons. The number of fused-ring (bicyclic) bond motifs is 1. The van der Waals surface area contributed by atoms with Crippen molar-refractivity contribution in [3.05, 3.63) is 64.2 Å². The Morgan fingerprint density at radius 1 is 1.00 bits per heavy atom. The predicted molar refractivity (Wildman–Crippen MR) is 133 cm³/mol. The zero-order chi connectivity index (χ0) is 24.4. The summed E-state index contributed by atoms with van der Waals surface area (Å²) in [5, 5.41) is 0. The van der Waals surface area contributed by atoms with Crippen molar-refractivity contribution in [3.63, 3.8) is 0 Å². The van der Waals surface area contributed by atoms with E-state index >= 15 is 0 Å². The smallest absolute Gasteiger partial charge is 0.335 e. The van der Waals surface area contributed by atoms with Crippen LogP contribution in [-0.4, -0.2) is 25.8 Å². The first kappa shape index (κ1) is 25.3. The lowest BCUT2D eigenvalue weighted by molar-refractivity contribution is -0.153. The highest BCUT2D eigenvalue weighted by molar-refractivity contribution is 5.75. The standard InChI is InChI=1S/C29H40O4/c1-9-32-26(27(30)31-8)17-21-10-12-22(13-11-21)33-20(3)23-18-25-24(16-19(23)2)28(4,5)14-15-29(25,6)7/h10-13,16,18,20,26H,9,14-15,17H2,1-8H3. The van der Waals surface area contributed by atoms with E-state index < -0.39 is 6.10 Å². The Morgan fingerprint density at radius 2 is 1.58 bits per heavy atom. The maximum absolute atomic E-state index is 11.9. The fourth-order valence-corrected chi connectivity index (χ4v) is 4.91. The van der Waals surface area contributed by atoms with Crippen LogP contribution in [0.1, 0.15) is 88.3 Å². The zero-order valence-electron chi connectivity index (χ0n) is 21.6. The molecule has 2 aromatic carbocycles. The van der Waals surface area contributed by atoms with E-state index in [4.69, 9.17) is 14.2 Å². The molecule has 1 aliphatic carbocycles. The van der Waals surface area contributed by atoms with Crippen LogP contribution in [0.5, 0.6) is 5.75 Å². The van der Waals surface area contributed by atoms with Gasteiger partial charge in [-0.3, -0.25) is 0 Å². The minimum atomic E-state index is -0.587.